The summed E-state index contributed by atoms with van der Waals surface area (Å²) in [4.78, 5) is 36.6. The molecule has 0 bridgehead atoms. The molecule has 4 heterocycles. The number of aliphatic carboxylic acids is 1. The molecule has 14 heteroatoms. The van der Waals surface area contributed by atoms with Gasteiger partial charge in [0, 0.05) is 55.1 Å². The van der Waals surface area contributed by atoms with E-state index in [9.17, 15) is 18.0 Å². The van der Waals surface area contributed by atoms with Crippen LogP contribution in [-0.2, 0) is 26.2 Å². The number of carbonyl (C=O) groups is 2. The van der Waals surface area contributed by atoms with Crippen molar-refractivity contribution in [3.05, 3.63) is 47.4 Å². The number of sulfonamides is 1. The summed E-state index contributed by atoms with van der Waals surface area (Å²) in [6, 6.07) is 8.83. The molecule has 2 fully saturated rings. The summed E-state index contributed by atoms with van der Waals surface area (Å²) in [5.74, 6) is 0.894. The number of thiophene rings is 1. The van der Waals surface area contributed by atoms with Crippen molar-refractivity contribution >= 4 is 60.7 Å². The maximum atomic E-state index is 13.3. The van der Waals surface area contributed by atoms with E-state index < -0.39 is 16.0 Å². The Morgan fingerprint density at radius 3 is 2.71 bits per heavy atom. The van der Waals surface area contributed by atoms with Crippen LogP contribution in [0.25, 0.3) is 10.1 Å². The Morgan fingerprint density at radius 2 is 1.95 bits per heavy atom. The van der Waals surface area contributed by atoms with Gasteiger partial charge in [-0.3, -0.25) is 9.59 Å². The van der Waals surface area contributed by atoms with E-state index in [4.69, 9.17) is 16.7 Å². The third-order valence-electron chi connectivity index (χ3n) is 7.47. The summed E-state index contributed by atoms with van der Waals surface area (Å²) >= 11 is 7.23. The van der Waals surface area contributed by atoms with Gasteiger partial charge in [-0.2, -0.15) is 4.31 Å². The Kier molecular flexibility index (Phi) is 9.39. The molecule has 41 heavy (non-hydrogen) atoms. The number of carboxylic acid groups (broad SMARTS) is 1. The fourth-order valence-electron chi connectivity index (χ4n) is 5.19. The summed E-state index contributed by atoms with van der Waals surface area (Å²) in [5.41, 5.74) is 0. The van der Waals surface area contributed by atoms with Gasteiger partial charge >= 0.3 is 5.97 Å². The number of halogens is 1. The van der Waals surface area contributed by atoms with Crippen LogP contribution in [0.15, 0.2) is 40.7 Å². The van der Waals surface area contributed by atoms with Gasteiger partial charge in [0.1, 0.15) is 15.9 Å². The normalized spacial score (nSPS) is 17.4. The lowest BCUT2D eigenvalue weighted by Gasteiger charge is -2.38. The first-order valence-corrected chi connectivity index (χ1v) is 16.3. The van der Waals surface area contributed by atoms with Gasteiger partial charge in [-0.15, -0.1) is 11.3 Å². The van der Waals surface area contributed by atoms with Crippen molar-refractivity contribution in [2.45, 2.75) is 36.4 Å². The molecule has 1 aromatic carbocycles. The predicted octanol–water partition coefficient (Wildman–Crippen LogP) is 3.05. The van der Waals surface area contributed by atoms with Gasteiger partial charge < -0.3 is 20.2 Å². The first kappa shape index (κ1) is 29.6. The molecule has 2 N–H and O–H groups in total. The number of hydrogen-bond acceptors (Lipinski definition) is 9. The molecule has 5 rings (SSSR count). The largest absolute Gasteiger partial charge is 0.481 e. The minimum absolute atomic E-state index is 0.131. The summed E-state index contributed by atoms with van der Waals surface area (Å²) in [5, 5.41) is 13.3. The molecule has 3 aromatic rings. The van der Waals surface area contributed by atoms with Crippen molar-refractivity contribution in [2.75, 3.05) is 50.7 Å². The number of anilines is 1. The zero-order chi connectivity index (χ0) is 29.0. The standard InChI is InChI=1S/C27H33ClN6O5S2/c28-21-4-3-20-14-27(40-22(20)15-21)41(38,39)34-13-12-33(25(35)18-34)17-19-6-10-32(11-7-19)24-5-9-30-23(31-24)16-29-8-1-2-26(36)37/h3-5,9,14-15,19,29H,1-2,6-8,10-13,16-18H2,(H,36,37). The molecule has 0 radical (unpaired) electrons. The molecule has 0 spiro atoms. The lowest BCUT2D eigenvalue weighted by Crippen LogP contribution is -2.53. The van der Waals surface area contributed by atoms with Crippen molar-refractivity contribution in [3.8, 4) is 0 Å². The highest BCUT2D eigenvalue weighted by molar-refractivity contribution is 7.91. The van der Waals surface area contributed by atoms with Crippen molar-refractivity contribution < 1.29 is 23.1 Å². The van der Waals surface area contributed by atoms with E-state index in [2.05, 4.69) is 20.2 Å². The van der Waals surface area contributed by atoms with Crippen molar-refractivity contribution in [1.82, 2.24) is 24.5 Å². The van der Waals surface area contributed by atoms with Gasteiger partial charge in [0.05, 0.1) is 13.1 Å². The number of piperazine rings is 1. The Labute approximate surface area is 248 Å². The van der Waals surface area contributed by atoms with Gasteiger partial charge in [0.2, 0.25) is 5.91 Å². The second-order valence-corrected chi connectivity index (χ2v) is 14.0. The summed E-state index contributed by atoms with van der Waals surface area (Å²) in [7, 11) is -3.77. The van der Waals surface area contributed by atoms with Crippen LogP contribution in [0.1, 0.15) is 31.5 Å². The van der Waals surface area contributed by atoms with Crippen LogP contribution in [0, 0.1) is 5.92 Å². The second kappa shape index (κ2) is 13.0. The van der Waals surface area contributed by atoms with Gasteiger partial charge in [0.25, 0.3) is 10.0 Å². The fourth-order valence-corrected chi connectivity index (χ4v) is 8.40. The van der Waals surface area contributed by atoms with E-state index >= 15 is 0 Å². The maximum Gasteiger partial charge on any atom is 0.303 e. The smallest absolute Gasteiger partial charge is 0.303 e. The molecule has 2 aliphatic rings. The Hall–Kier alpha value is -2.84. The van der Waals surface area contributed by atoms with Crippen molar-refractivity contribution in [1.29, 1.82) is 0 Å². The monoisotopic (exact) mass is 620 g/mol. The number of carbonyl (C=O) groups excluding carboxylic acids is 1. The van der Waals surface area contributed by atoms with Gasteiger partial charge in [-0.1, -0.05) is 17.7 Å². The molecular weight excluding hydrogens is 588 g/mol. The summed E-state index contributed by atoms with van der Waals surface area (Å²) < 4.78 is 28.9. The summed E-state index contributed by atoms with van der Waals surface area (Å²) in [6.45, 7) is 3.81. The van der Waals surface area contributed by atoms with E-state index in [0.29, 0.717) is 49.4 Å². The minimum Gasteiger partial charge on any atom is -0.481 e. The van der Waals surface area contributed by atoms with Crippen LogP contribution in [0.5, 0.6) is 0 Å². The number of amides is 1. The first-order valence-electron chi connectivity index (χ1n) is 13.7. The van der Waals surface area contributed by atoms with Crippen LogP contribution in [0.2, 0.25) is 5.02 Å². The third kappa shape index (κ3) is 7.33. The zero-order valence-corrected chi connectivity index (χ0v) is 24.9. The van der Waals surface area contributed by atoms with Gasteiger partial charge in [-0.25, -0.2) is 18.4 Å². The number of carboxylic acids is 1. The van der Waals surface area contributed by atoms with Crippen LogP contribution in [0.4, 0.5) is 5.82 Å². The molecule has 0 aliphatic carbocycles. The predicted molar refractivity (Wildman–Crippen MR) is 158 cm³/mol. The Bertz CT molecular complexity index is 1510. The molecule has 2 aliphatic heterocycles. The number of piperidine rings is 1. The van der Waals surface area contributed by atoms with E-state index in [1.807, 2.05) is 6.07 Å². The molecule has 0 atom stereocenters. The number of nitrogens with one attached hydrogen (secondary N) is 1. The topological polar surface area (TPSA) is 136 Å². The molecule has 2 saturated heterocycles. The van der Waals surface area contributed by atoms with Crippen LogP contribution < -0.4 is 10.2 Å². The lowest BCUT2D eigenvalue weighted by atomic mass is 9.96. The number of nitrogens with zero attached hydrogens (tertiary/aromatic N) is 5. The second-order valence-electron chi connectivity index (χ2n) is 10.4. The summed E-state index contributed by atoms with van der Waals surface area (Å²) in [6.07, 6.45) is 4.23. The number of fused-ring (bicyclic) bond motifs is 1. The lowest BCUT2D eigenvalue weighted by molar-refractivity contribution is -0.137. The van der Waals surface area contributed by atoms with Crippen LogP contribution in [0.3, 0.4) is 0 Å². The Balaban J connectivity index is 1.09. The van der Waals surface area contributed by atoms with Crippen LogP contribution in [-0.4, -0.2) is 90.4 Å². The van der Waals surface area contributed by atoms with Crippen molar-refractivity contribution in [2.24, 2.45) is 5.92 Å². The number of benzene rings is 1. The minimum atomic E-state index is -3.77. The highest BCUT2D eigenvalue weighted by Gasteiger charge is 2.35. The molecule has 0 unspecified atom stereocenters. The molecule has 220 valence electrons. The third-order valence-corrected chi connectivity index (χ3v) is 11.1. The van der Waals surface area contributed by atoms with Crippen LogP contribution >= 0.6 is 22.9 Å². The average molecular weight is 621 g/mol. The van der Waals surface area contributed by atoms with E-state index in [0.717, 1.165) is 41.8 Å². The Morgan fingerprint density at radius 1 is 1.15 bits per heavy atom. The quantitative estimate of drug-likeness (QED) is 0.310. The van der Waals surface area contributed by atoms with Crippen molar-refractivity contribution in [3.63, 3.8) is 0 Å². The fraction of sp³-hybridized carbons (Fsp3) is 0.481. The highest BCUT2D eigenvalue weighted by atomic mass is 35.5. The SMILES string of the molecule is O=C(O)CCCNCc1nccc(N2CCC(CN3CCN(S(=O)(=O)c4cc5ccc(Cl)cc5s4)CC3=O)CC2)n1. The molecule has 0 saturated carbocycles. The first-order chi connectivity index (χ1) is 19.7. The van der Waals surface area contributed by atoms with Gasteiger partial charge in [0.15, 0.2) is 0 Å². The average Bonchev–Trinajstić information content (AvgIpc) is 3.38. The van der Waals surface area contributed by atoms with E-state index in [-0.39, 0.29) is 29.6 Å². The molecule has 11 nitrogen and oxygen atoms in total. The van der Waals surface area contributed by atoms with E-state index in [1.54, 1.807) is 35.4 Å². The molecule has 1 amide bonds. The number of aromatic nitrogens is 2. The number of rotatable bonds is 11. The highest BCUT2D eigenvalue weighted by Crippen LogP contribution is 2.33. The maximum absolute atomic E-state index is 13.3. The number of hydrogen-bond donors (Lipinski definition) is 2. The molecular formula is C27H33ClN6O5S2. The molecule has 2 aromatic heterocycles. The van der Waals surface area contributed by atoms with E-state index in [1.165, 1.54) is 15.6 Å². The zero-order valence-electron chi connectivity index (χ0n) is 22.5. The van der Waals surface area contributed by atoms with Gasteiger partial charge in [-0.05, 0) is 61.4 Å².